The summed E-state index contributed by atoms with van der Waals surface area (Å²) in [5.41, 5.74) is 1.34. The Balaban J connectivity index is 1.85. The molecule has 0 saturated heterocycles. The first-order valence-corrected chi connectivity index (χ1v) is 7.19. The normalized spacial score (nSPS) is 11.0. The molecule has 0 aliphatic rings. The fourth-order valence-corrected chi connectivity index (χ4v) is 2.57. The highest BCUT2D eigenvalue weighted by molar-refractivity contribution is 6.04. The molecule has 1 amide bonds. The molecule has 4 aromatic rings. The van der Waals surface area contributed by atoms with Crippen LogP contribution in [-0.2, 0) is 0 Å². The Labute approximate surface area is 134 Å². The van der Waals surface area contributed by atoms with E-state index < -0.39 is 11.7 Å². The van der Waals surface area contributed by atoms with Gasteiger partial charge < -0.3 is 5.32 Å². The van der Waals surface area contributed by atoms with Crippen molar-refractivity contribution in [2.45, 2.75) is 0 Å². The number of aromatic nitrogens is 3. The number of aromatic amines is 1. The molecule has 0 spiro atoms. The summed E-state index contributed by atoms with van der Waals surface area (Å²) in [5, 5.41) is 2.68. The minimum atomic E-state index is -0.445. The van der Waals surface area contributed by atoms with Gasteiger partial charge in [0.2, 0.25) is 5.78 Å². The third kappa shape index (κ3) is 2.32. The fourth-order valence-electron chi connectivity index (χ4n) is 2.57. The number of hydrogen-bond acceptors (Lipinski definition) is 3. The van der Waals surface area contributed by atoms with Crippen LogP contribution in [0.3, 0.4) is 0 Å². The van der Waals surface area contributed by atoms with Crippen molar-refractivity contribution in [2.24, 2.45) is 0 Å². The van der Waals surface area contributed by atoms with E-state index >= 15 is 0 Å². The van der Waals surface area contributed by atoms with Gasteiger partial charge in [0.15, 0.2) is 0 Å². The summed E-state index contributed by atoms with van der Waals surface area (Å²) < 4.78 is 14.6. The molecule has 4 rings (SSSR count). The first-order valence-electron chi connectivity index (χ1n) is 7.19. The Kier molecular flexibility index (Phi) is 3.13. The first kappa shape index (κ1) is 14.1. The van der Waals surface area contributed by atoms with E-state index in [1.165, 1.54) is 30.3 Å². The van der Waals surface area contributed by atoms with Crippen molar-refractivity contribution in [3.8, 4) is 0 Å². The van der Waals surface area contributed by atoms with Gasteiger partial charge in [-0.15, -0.1) is 0 Å². The second-order valence-electron chi connectivity index (χ2n) is 5.24. The summed E-state index contributed by atoms with van der Waals surface area (Å²) in [6, 6.07) is 13.8. The second-order valence-corrected chi connectivity index (χ2v) is 5.24. The Hall–Kier alpha value is -3.48. The summed E-state index contributed by atoms with van der Waals surface area (Å²) in [7, 11) is 0. The molecule has 118 valence electrons. The van der Waals surface area contributed by atoms with E-state index in [9.17, 15) is 14.0 Å². The minimum absolute atomic E-state index is 0.286. The van der Waals surface area contributed by atoms with Crippen molar-refractivity contribution < 1.29 is 9.18 Å². The molecule has 0 aliphatic carbocycles. The lowest BCUT2D eigenvalue weighted by Crippen LogP contribution is -2.18. The molecule has 2 aromatic carbocycles. The number of anilines is 1. The van der Waals surface area contributed by atoms with E-state index in [0.717, 1.165) is 5.52 Å². The summed E-state index contributed by atoms with van der Waals surface area (Å²) in [4.78, 5) is 31.2. The molecule has 7 heteroatoms. The van der Waals surface area contributed by atoms with Gasteiger partial charge in [-0.25, -0.2) is 9.37 Å². The lowest BCUT2D eigenvalue weighted by molar-refractivity contribution is 0.102. The van der Waals surface area contributed by atoms with Gasteiger partial charge in [0, 0.05) is 11.6 Å². The molecule has 0 bridgehead atoms. The van der Waals surface area contributed by atoms with E-state index in [4.69, 9.17) is 0 Å². The molecule has 0 radical (unpaired) electrons. The number of carbonyl (C=O) groups is 1. The SMILES string of the molecule is O=C(Nc1cc(=O)[nH]c2nc3ccccc3n12)c1ccc(F)cc1. The highest BCUT2D eigenvalue weighted by Crippen LogP contribution is 2.19. The number of carbonyl (C=O) groups excluding carboxylic acids is 1. The maximum absolute atomic E-state index is 13.0. The summed E-state index contributed by atoms with van der Waals surface area (Å²) in [5.74, 6) is -0.250. The summed E-state index contributed by atoms with van der Waals surface area (Å²) in [6.07, 6.45) is 0. The van der Waals surface area contributed by atoms with Crippen molar-refractivity contribution in [2.75, 3.05) is 5.32 Å². The summed E-state index contributed by atoms with van der Waals surface area (Å²) in [6.45, 7) is 0. The lowest BCUT2D eigenvalue weighted by Gasteiger charge is -2.08. The van der Waals surface area contributed by atoms with Crippen molar-refractivity contribution in [3.63, 3.8) is 0 Å². The number of benzene rings is 2. The number of rotatable bonds is 2. The number of hydrogen-bond donors (Lipinski definition) is 2. The average Bonchev–Trinajstić information content (AvgIpc) is 2.93. The van der Waals surface area contributed by atoms with Gasteiger partial charge in [-0.3, -0.25) is 19.0 Å². The van der Waals surface area contributed by atoms with Crippen LogP contribution in [0.1, 0.15) is 10.4 Å². The zero-order chi connectivity index (χ0) is 16.7. The quantitative estimate of drug-likeness (QED) is 0.595. The number of fused-ring (bicyclic) bond motifs is 3. The monoisotopic (exact) mass is 322 g/mol. The van der Waals surface area contributed by atoms with Crippen LogP contribution in [0, 0.1) is 5.82 Å². The fraction of sp³-hybridized carbons (Fsp3) is 0. The standard InChI is InChI=1S/C17H11FN4O2/c18-11-7-5-10(6-8-11)16(24)20-14-9-15(23)21-17-19-12-3-1-2-4-13(12)22(14)17/h1-9H,(H,20,24)(H,19,21,23). The van der Waals surface area contributed by atoms with Gasteiger partial charge in [-0.05, 0) is 36.4 Å². The highest BCUT2D eigenvalue weighted by atomic mass is 19.1. The van der Waals surface area contributed by atoms with E-state index in [1.807, 2.05) is 24.3 Å². The Bertz CT molecular complexity index is 1130. The number of amides is 1. The molecular weight excluding hydrogens is 311 g/mol. The summed E-state index contributed by atoms with van der Waals surface area (Å²) >= 11 is 0. The molecule has 0 fully saturated rings. The minimum Gasteiger partial charge on any atom is -0.307 e. The molecule has 0 unspecified atom stereocenters. The molecular formula is C17H11FN4O2. The van der Waals surface area contributed by atoms with E-state index in [2.05, 4.69) is 15.3 Å². The number of nitrogens with one attached hydrogen (secondary N) is 2. The number of nitrogens with zero attached hydrogens (tertiary/aromatic N) is 2. The third-order valence-corrected chi connectivity index (χ3v) is 3.65. The van der Waals surface area contributed by atoms with Crippen LogP contribution in [0.5, 0.6) is 0 Å². The Morgan fingerprint density at radius 1 is 1.12 bits per heavy atom. The number of para-hydroxylation sites is 2. The predicted octanol–water partition coefficient (Wildman–Crippen LogP) is 2.57. The van der Waals surface area contributed by atoms with E-state index in [1.54, 1.807) is 4.40 Å². The van der Waals surface area contributed by atoms with Gasteiger partial charge in [-0.1, -0.05) is 12.1 Å². The molecule has 0 aliphatic heterocycles. The first-order chi connectivity index (χ1) is 11.6. The van der Waals surface area contributed by atoms with E-state index in [0.29, 0.717) is 11.3 Å². The third-order valence-electron chi connectivity index (χ3n) is 3.65. The maximum atomic E-state index is 13.0. The molecule has 0 atom stereocenters. The molecule has 2 heterocycles. The van der Waals surface area contributed by atoms with Crippen LogP contribution < -0.4 is 10.9 Å². The lowest BCUT2D eigenvalue weighted by atomic mass is 10.2. The Morgan fingerprint density at radius 2 is 1.88 bits per heavy atom. The van der Waals surface area contributed by atoms with Crippen molar-refractivity contribution >= 4 is 28.5 Å². The van der Waals surface area contributed by atoms with E-state index in [-0.39, 0.29) is 16.9 Å². The second kappa shape index (κ2) is 5.31. The Morgan fingerprint density at radius 3 is 2.67 bits per heavy atom. The van der Waals surface area contributed by atoms with Crippen molar-refractivity contribution in [1.29, 1.82) is 0 Å². The zero-order valence-corrected chi connectivity index (χ0v) is 12.3. The van der Waals surface area contributed by atoms with Crippen molar-refractivity contribution in [1.82, 2.24) is 14.4 Å². The smallest absolute Gasteiger partial charge is 0.256 e. The number of H-pyrrole nitrogens is 1. The number of imidazole rings is 1. The molecule has 0 saturated carbocycles. The highest BCUT2D eigenvalue weighted by Gasteiger charge is 2.13. The van der Waals surface area contributed by atoms with Crippen LogP contribution in [0.4, 0.5) is 10.2 Å². The van der Waals surface area contributed by atoms with Crippen LogP contribution in [0.25, 0.3) is 16.8 Å². The largest absolute Gasteiger partial charge is 0.307 e. The van der Waals surface area contributed by atoms with Gasteiger partial charge in [0.25, 0.3) is 11.5 Å². The maximum Gasteiger partial charge on any atom is 0.256 e. The number of halogens is 1. The predicted molar refractivity (Wildman–Crippen MR) is 87.7 cm³/mol. The molecule has 2 N–H and O–H groups in total. The van der Waals surface area contributed by atoms with Crippen LogP contribution in [-0.4, -0.2) is 20.3 Å². The zero-order valence-electron chi connectivity index (χ0n) is 12.3. The van der Waals surface area contributed by atoms with Gasteiger partial charge in [-0.2, -0.15) is 0 Å². The average molecular weight is 322 g/mol. The van der Waals surface area contributed by atoms with Gasteiger partial charge in [0.05, 0.1) is 11.0 Å². The van der Waals surface area contributed by atoms with Gasteiger partial charge in [0.1, 0.15) is 11.6 Å². The van der Waals surface area contributed by atoms with Crippen LogP contribution in [0.2, 0.25) is 0 Å². The van der Waals surface area contributed by atoms with Crippen molar-refractivity contribution in [3.05, 3.63) is 76.3 Å². The van der Waals surface area contributed by atoms with Crippen LogP contribution in [0.15, 0.2) is 59.4 Å². The van der Waals surface area contributed by atoms with Crippen LogP contribution >= 0.6 is 0 Å². The molecule has 2 aromatic heterocycles. The molecule has 6 nitrogen and oxygen atoms in total. The topological polar surface area (TPSA) is 79.3 Å². The van der Waals surface area contributed by atoms with Gasteiger partial charge >= 0.3 is 0 Å². The molecule has 24 heavy (non-hydrogen) atoms.